The van der Waals surface area contributed by atoms with Gasteiger partial charge in [0, 0.05) is 18.8 Å². The molecule has 25 heavy (non-hydrogen) atoms. The smallest absolute Gasteiger partial charge is 0.411 e. The highest BCUT2D eigenvalue weighted by molar-refractivity contribution is 6.05. The molecule has 8 heteroatoms. The molecule has 0 saturated carbocycles. The Morgan fingerprint density at radius 3 is 2.68 bits per heavy atom. The van der Waals surface area contributed by atoms with Crippen LogP contribution in [-0.2, 0) is 18.4 Å². The van der Waals surface area contributed by atoms with Crippen molar-refractivity contribution in [3.8, 4) is 5.75 Å². The van der Waals surface area contributed by atoms with Crippen molar-refractivity contribution in [2.75, 3.05) is 13.7 Å². The Morgan fingerprint density at radius 2 is 2.08 bits per heavy atom. The average Bonchev–Trinajstić information content (AvgIpc) is 2.98. The van der Waals surface area contributed by atoms with E-state index in [4.69, 9.17) is 4.74 Å². The number of benzene rings is 1. The molecular weight excluding hydrogens is 337 g/mol. The number of halogens is 3. The second kappa shape index (κ2) is 7.98. The lowest BCUT2D eigenvalue weighted by Gasteiger charge is -2.11. The maximum Gasteiger partial charge on any atom is 0.411 e. The minimum atomic E-state index is -4.39. The van der Waals surface area contributed by atoms with Gasteiger partial charge in [0.15, 0.2) is 0 Å². The van der Waals surface area contributed by atoms with Crippen LogP contribution in [0.3, 0.4) is 0 Å². The number of aromatic nitrogens is 2. The van der Waals surface area contributed by atoms with E-state index >= 15 is 0 Å². The van der Waals surface area contributed by atoms with Crippen LogP contribution >= 0.6 is 0 Å². The number of carbonyl (C=O) groups excluding carboxylic acids is 1. The third-order valence-electron chi connectivity index (χ3n) is 3.22. The monoisotopic (exact) mass is 354 g/mol. The maximum absolute atomic E-state index is 12.2. The Hall–Kier alpha value is -2.61. The molecule has 0 saturated heterocycles. The molecule has 134 valence electrons. The standard InChI is InChI=1S/C17H17F3N2O3/c1-22-8-7-14(21-22)15(23)5-3-12-4-6-16(24-2)13(9-12)10-25-11-17(18,19)20/h3-9H,10-11H2,1-2H3/b5-3+. The molecule has 2 aromatic rings. The SMILES string of the molecule is COc1ccc(/C=C/C(=O)c2ccn(C)n2)cc1COCC(F)(F)F. The summed E-state index contributed by atoms with van der Waals surface area (Å²) in [5.41, 5.74) is 1.40. The molecule has 0 aliphatic rings. The van der Waals surface area contributed by atoms with Crippen molar-refractivity contribution in [3.63, 3.8) is 0 Å². The first kappa shape index (κ1) is 18.7. The van der Waals surface area contributed by atoms with Crippen LogP contribution in [0.1, 0.15) is 21.6 Å². The molecule has 0 atom stereocenters. The molecule has 0 radical (unpaired) electrons. The van der Waals surface area contributed by atoms with Gasteiger partial charge in [-0.3, -0.25) is 9.48 Å². The summed E-state index contributed by atoms with van der Waals surface area (Å²) in [7, 11) is 3.12. The van der Waals surface area contributed by atoms with Gasteiger partial charge in [0.05, 0.1) is 13.7 Å². The third kappa shape index (κ3) is 5.75. The molecule has 0 aliphatic carbocycles. The summed E-state index contributed by atoms with van der Waals surface area (Å²) < 4.78 is 47.8. The Bertz CT molecular complexity index is 767. The zero-order valence-corrected chi connectivity index (χ0v) is 13.7. The van der Waals surface area contributed by atoms with Gasteiger partial charge >= 0.3 is 6.18 Å². The van der Waals surface area contributed by atoms with Crippen LogP contribution in [0.2, 0.25) is 0 Å². The zero-order chi connectivity index (χ0) is 18.4. The second-order valence-corrected chi connectivity index (χ2v) is 5.25. The fraction of sp³-hybridized carbons (Fsp3) is 0.294. The van der Waals surface area contributed by atoms with Crippen molar-refractivity contribution < 1.29 is 27.4 Å². The van der Waals surface area contributed by atoms with Crippen LogP contribution < -0.4 is 4.74 Å². The summed E-state index contributed by atoms with van der Waals surface area (Å²) in [5.74, 6) is 0.140. The van der Waals surface area contributed by atoms with Crippen LogP contribution in [0, 0.1) is 0 Å². The number of ketones is 1. The number of hydrogen-bond acceptors (Lipinski definition) is 4. The van der Waals surface area contributed by atoms with E-state index in [9.17, 15) is 18.0 Å². The Morgan fingerprint density at radius 1 is 1.32 bits per heavy atom. The van der Waals surface area contributed by atoms with Gasteiger partial charge in [-0.2, -0.15) is 18.3 Å². The van der Waals surface area contributed by atoms with Gasteiger partial charge in [0.1, 0.15) is 18.1 Å². The number of alkyl halides is 3. The van der Waals surface area contributed by atoms with Crippen LogP contribution in [-0.4, -0.2) is 35.5 Å². The number of nitrogens with zero attached hydrogens (tertiary/aromatic N) is 2. The fourth-order valence-corrected chi connectivity index (χ4v) is 2.10. The summed E-state index contributed by atoms with van der Waals surface area (Å²) in [6, 6.07) is 6.50. The maximum atomic E-state index is 12.2. The van der Waals surface area contributed by atoms with E-state index in [0.29, 0.717) is 22.6 Å². The van der Waals surface area contributed by atoms with E-state index in [-0.39, 0.29) is 12.4 Å². The molecule has 1 aromatic carbocycles. The van der Waals surface area contributed by atoms with Crippen molar-refractivity contribution >= 4 is 11.9 Å². The van der Waals surface area contributed by atoms with Crippen molar-refractivity contribution in [3.05, 3.63) is 53.4 Å². The van der Waals surface area contributed by atoms with Crippen molar-refractivity contribution in [2.24, 2.45) is 7.05 Å². The van der Waals surface area contributed by atoms with Gasteiger partial charge in [0.25, 0.3) is 0 Å². The Labute approximate surface area is 142 Å². The molecule has 1 heterocycles. The largest absolute Gasteiger partial charge is 0.496 e. The van der Waals surface area contributed by atoms with Gasteiger partial charge in [-0.1, -0.05) is 12.1 Å². The zero-order valence-electron chi connectivity index (χ0n) is 13.7. The molecule has 5 nitrogen and oxygen atoms in total. The molecule has 0 bridgehead atoms. The van der Waals surface area contributed by atoms with Crippen LogP contribution in [0.4, 0.5) is 13.2 Å². The predicted molar refractivity (Wildman–Crippen MR) is 85.3 cm³/mol. The predicted octanol–water partition coefficient (Wildman–Crippen LogP) is 3.40. The van der Waals surface area contributed by atoms with Gasteiger partial charge in [-0.25, -0.2) is 0 Å². The molecule has 0 fully saturated rings. The fourth-order valence-electron chi connectivity index (χ4n) is 2.10. The molecule has 0 amide bonds. The molecule has 0 spiro atoms. The number of hydrogen-bond donors (Lipinski definition) is 0. The number of methoxy groups -OCH3 is 1. The Kier molecular flexibility index (Phi) is 5.97. The summed E-state index contributed by atoms with van der Waals surface area (Å²) >= 11 is 0. The van der Waals surface area contributed by atoms with Crippen LogP contribution in [0.25, 0.3) is 6.08 Å². The van der Waals surface area contributed by atoms with Gasteiger partial charge in [0.2, 0.25) is 5.78 Å². The van der Waals surface area contributed by atoms with Crippen molar-refractivity contribution in [2.45, 2.75) is 12.8 Å². The van der Waals surface area contributed by atoms with Gasteiger partial charge in [-0.05, 0) is 29.8 Å². The third-order valence-corrected chi connectivity index (χ3v) is 3.22. The van der Waals surface area contributed by atoms with Gasteiger partial charge in [-0.15, -0.1) is 0 Å². The summed E-state index contributed by atoms with van der Waals surface area (Å²) in [4.78, 5) is 12.0. The average molecular weight is 354 g/mol. The van der Waals surface area contributed by atoms with E-state index < -0.39 is 12.8 Å². The highest BCUT2D eigenvalue weighted by Crippen LogP contribution is 2.23. The van der Waals surface area contributed by atoms with E-state index in [1.165, 1.54) is 17.9 Å². The minimum absolute atomic E-state index is 0.251. The minimum Gasteiger partial charge on any atom is -0.496 e. The highest BCUT2D eigenvalue weighted by atomic mass is 19.4. The number of rotatable bonds is 7. The number of carbonyl (C=O) groups is 1. The van der Waals surface area contributed by atoms with E-state index in [1.54, 1.807) is 43.6 Å². The molecule has 2 rings (SSSR count). The summed E-state index contributed by atoms with van der Waals surface area (Å²) in [6.45, 7) is -1.59. The molecule has 0 unspecified atom stereocenters. The van der Waals surface area contributed by atoms with Crippen molar-refractivity contribution in [1.82, 2.24) is 9.78 Å². The molecule has 1 aromatic heterocycles. The number of ether oxygens (including phenoxy) is 2. The first-order valence-corrected chi connectivity index (χ1v) is 7.32. The van der Waals surface area contributed by atoms with Crippen LogP contribution in [0.15, 0.2) is 36.5 Å². The number of allylic oxidation sites excluding steroid dienone is 1. The molecular formula is C17H17F3N2O3. The van der Waals surface area contributed by atoms with E-state index in [2.05, 4.69) is 9.84 Å². The highest BCUT2D eigenvalue weighted by Gasteiger charge is 2.27. The number of aryl methyl sites for hydroxylation is 1. The van der Waals surface area contributed by atoms with E-state index in [0.717, 1.165) is 0 Å². The summed E-state index contributed by atoms with van der Waals surface area (Å²) in [6.07, 6.45) is 0.179. The van der Waals surface area contributed by atoms with E-state index in [1.807, 2.05) is 0 Å². The topological polar surface area (TPSA) is 53.4 Å². The van der Waals surface area contributed by atoms with Gasteiger partial charge < -0.3 is 9.47 Å². The molecule has 0 aliphatic heterocycles. The lowest BCUT2D eigenvalue weighted by atomic mass is 10.1. The second-order valence-electron chi connectivity index (χ2n) is 5.25. The molecule has 0 N–H and O–H groups in total. The lowest BCUT2D eigenvalue weighted by molar-refractivity contribution is -0.176. The van der Waals surface area contributed by atoms with Crippen LogP contribution in [0.5, 0.6) is 5.75 Å². The first-order chi connectivity index (χ1) is 11.8. The quantitative estimate of drug-likeness (QED) is 0.565. The lowest BCUT2D eigenvalue weighted by Crippen LogP contribution is -2.16. The summed E-state index contributed by atoms with van der Waals surface area (Å²) in [5, 5.41) is 4.00. The Balaban J connectivity index is 2.09. The normalized spacial score (nSPS) is 11.9. The first-order valence-electron chi connectivity index (χ1n) is 7.32. The van der Waals surface area contributed by atoms with Crippen molar-refractivity contribution in [1.29, 1.82) is 0 Å².